The quantitative estimate of drug-likeness (QED) is 0.940. The molecule has 0 spiro atoms. The molecule has 1 N–H and O–H groups in total. The summed E-state index contributed by atoms with van der Waals surface area (Å²) in [6, 6.07) is 6.02. The van der Waals surface area contributed by atoms with Crippen molar-refractivity contribution < 1.29 is 14.3 Å². The van der Waals surface area contributed by atoms with Crippen LogP contribution < -0.4 is 0 Å². The van der Waals surface area contributed by atoms with E-state index in [1.54, 1.807) is 29.9 Å². The molecule has 5 nitrogen and oxygen atoms in total. The maximum atomic E-state index is 13.1. The summed E-state index contributed by atoms with van der Waals surface area (Å²) in [5.41, 5.74) is 2.03. The lowest BCUT2D eigenvalue weighted by molar-refractivity contribution is 0.0521. The second-order valence-corrected chi connectivity index (χ2v) is 6.40. The third kappa shape index (κ3) is 3.19. The zero-order valence-electron chi connectivity index (χ0n) is 13.9. The van der Waals surface area contributed by atoms with E-state index in [0.717, 1.165) is 24.2 Å². The number of nitrogens with zero attached hydrogens (tertiary/aromatic N) is 3. The summed E-state index contributed by atoms with van der Waals surface area (Å²) in [6.45, 7) is 4.94. The van der Waals surface area contributed by atoms with Gasteiger partial charge < -0.3 is 10.0 Å². The predicted molar refractivity (Wildman–Crippen MR) is 88.6 cm³/mol. The Balaban J connectivity index is 1.76. The number of carbonyl (C=O) groups excluding carboxylic acids is 1. The van der Waals surface area contributed by atoms with Crippen molar-refractivity contribution in [2.24, 2.45) is 5.92 Å². The van der Waals surface area contributed by atoms with Gasteiger partial charge in [0, 0.05) is 13.1 Å². The molecule has 1 amide bonds. The van der Waals surface area contributed by atoms with E-state index in [4.69, 9.17) is 0 Å². The highest BCUT2D eigenvalue weighted by molar-refractivity contribution is 5.95. The molecule has 2 aromatic rings. The lowest BCUT2D eigenvalue weighted by Crippen LogP contribution is -2.40. The Labute approximate surface area is 140 Å². The Morgan fingerprint density at radius 3 is 2.50 bits per heavy atom. The van der Waals surface area contributed by atoms with Crippen molar-refractivity contribution in [3.05, 3.63) is 47.5 Å². The smallest absolute Gasteiger partial charge is 0.257 e. The summed E-state index contributed by atoms with van der Waals surface area (Å²) in [5.74, 6) is -0.0807. The first-order valence-corrected chi connectivity index (χ1v) is 8.25. The van der Waals surface area contributed by atoms with Crippen molar-refractivity contribution in [1.82, 2.24) is 14.7 Å². The molecule has 128 valence electrons. The maximum absolute atomic E-state index is 13.1. The van der Waals surface area contributed by atoms with Crippen molar-refractivity contribution in [3.8, 4) is 5.69 Å². The Hall–Kier alpha value is -2.21. The van der Waals surface area contributed by atoms with E-state index < -0.39 is 0 Å². The van der Waals surface area contributed by atoms with Crippen LogP contribution in [0.1, 0.15) is 35.8 Å². The molecule has 0 bridgehead atoms. The van der Waals surface area contributed by atoms with Crippen LogP contribution in [0.25, 0.3) is 5.69 Å². The van der Waals surface area contributed by atoms with Crippen molar-refractivity contribution in [1.29, 1.82) is 0 Å². The number of piperidine rings is 1. The van der Waals surface area contributed by atoms with Crippen LogP contribution in [-0.4, -0.2) is 44.9 Å². The molecule has 1 aromatic heterocycles. The van der Waals surface area contributed by atoms with Gasteiger partial charge >= 0.3 is 0 Å². The number of benzene rings is 1. The summed E-state index contributed by atoms with van der Waals surface area (Å²) >= 11 is 0. The van der Waals surface area contributed by atoms with Gasteiger partial charge in [-0.2, -0.15) is 5.10 Å². The Kier molecular flexibility index (Phi) is 4.66. The average molecular weight is 331 g/mol. The molecule has 1 fully saturated rings. The first kappa shape index (κ1) is 16.6. The minimum absolute atomic E-state index is 0.0371. The van der Waals surface area contributed by atoms with Crippen LogP contribution in [0, 0.1) is 18.7 Å². The molecule has 1 unspecified atom stereocenters. The van der Waals surface area contributed by atoms with E-state index in [-0.39, 0.29) is 23.7 Å². The Bertz CT molecular complexity index is 716. The van der Waals surface area contributed by atoms with Crippen molar-refractivity contribution in [2.75, 3.05) is 13.1 Å². The van der Waals surface area contributed by atoms with Crippen LogP contribution >= 0.6 is 0 Å². The van der Waals surface area contributed by atoms with Gasteiger partial charge in [0.2, 0.25) is 0 Å². The lowest BCUT2D eigenvalue weighted by Gasteiger charge is -2.33. The van der Waals surface area contributed by atoms with E-state index in [0.29, 0.717) is 18.7 Å². The molecule has 0 saturated carbocycles. The van der Waals surface area contributed by atoms with Gasteiger partial charge in [-0.3, -0.25) is 4.79 Å². The van der Waals surface area contributed by atoms with Crippen LogP contribution in [0.2, 0.25) is 0 Å². The third-order valence-corrected chi connectivity index (χ3v) is 4.82. The molecule has 3 rings (SSSR count). The fourth-order valence-electron chi connectivity index (χ4n) is 3.22. The molecular weight excluding hydrogens is 309 g/mol. The normalized spacial score (nSPS) is 17.1. The standard InChI is InChI=1S/C18H22FN3O2/c1-12-17(11-20-22(12)16-5-3-15(19)4-6-16)18(24)21-9-7-14(8-10-21)13(2)23/h3-6,11,13-14,23H,7-10H2,1-2H3. The molecule has 6 heteroatoms. The highest BCUT2D eigenvalue weighted by Crippen LogP contribution is 2.23. The molecule has 1 atom stereocenters. The summed E-state index contributed by atoms with van der Waals surface area (Å²) in [7, 11) is 0. The largest absolute Gasteiger partial charge is 0.393 e. The molecule has 0 aliphatic carbocycles. The highest BCUT2D eigenvalue weighted by Gasteiger charge is 2.27. The Morgan fingerprint density at radius 2 is 1.92 bits per heavy atom. The summed E-state index contributed by atoms with van der Waals surface area (Å²) in [6.07, 6.45) is 2.87. The first-order chi connectivity index (χ1) is 11.5. The molecule has 1 saturated heterocycles. The van der Waals surface area contributed by atoms with Crippen molar-refractivity contribution in [2.45, 2.75) is 32.8 Å². The van der Waals surface area contributed by atoms with E-state index in [2.05, 4.69) is 5.10 Å². The summed E-state index contributed by atoms with van der Waals surface area (Å²) in [5, 5.41) is 14.0. The van der Waals surface area contributed by atoms with Gasteiger partial charge in [0.25, 0.3) is 5.91 Å². The van der Waals surface area contributed by atoms with Crippen LogP contribution in [0.5, 0.6) is 0 Å². The third-order valence-electron chi connectivity index (χ3n) is 4.82. The van der Waals surface area contributed by atoms with Gasteiger partial charge in [-0.05, 0) is 56.9 Å². The van der Waals surface area contributed by atoms with E-state index >= 15 is 0 Å². The predicted octanol–water partition coefficient (Wildman–Crippen LogP) is 2.55. The fraction of sp³-hybridized carbons (Fsp3) is 0.444. The van der Waals surface area contributed by atoms with Crippen LogP contribution in [-0.2, 0) is 0 Å². The second-order valence-electron chi connectivity index (χ2n) is 6.40. The average Bonchev–Trinajstić information content (AvgIpc) is 2.96. The topological polar surface area (TPSA) is 58.4 Å². The molecule has 1 aromatic carbocycles. The number of likely N-dealkylation sites (tertiary alicyclic amines) is 1. The fourth-order valence-corrected chi connectivity index (χ4v) is 3.22. The number of halogens is 1. The van der Waals surface area contributed by atoms with Crippen LogP contribution in [0.3, 0.4) is 0 Å². The van der Waals surface area contributed by atoms with Crippen LogP contribution in [0.15, 0.2) is 30.5 Å². The maximum Gasteiger partial charge on any atom is 0.257 e. The van der Waals surface area contributed by atoms with Gasteiger partial charge in [0.15, 0.2) is 0 Å². The molecule has 0 radical (unpaired) electrons. The first-order valence-electron chi connectivity index (χ1n) is 8.25. The Morgan fingerprint density at radius 1 is 1.29 bits per heavy atom. The number of aromatic nitrogens is 2. The molecule has 24 heavy (non-hydrogen) atoms. The van der Waals surface area contributed by atoms with Gasteiger partial charge in [-0.15, -0.1) is 0 Å². The number of rotatable bonds is 3. The van der Waals surface area contributed by atoms with Gasteiger partial charge in [-0.25, -0.2) is 9.07 Å². The number of aliphatic hydroxyl groups is 1. The second kappa shape index (κ2) is 6.73. The number of carbonyl (C=O) groups is 1. The zero-order chi connectivity index (χ0) is 17.3. The monoisotopic (exact) mass is 331 g/mol. The van der Waals surface area contributed by atoms with E-state index in [1.165, 1.54) is 12.1 Å². The molecular formula is C18H22FN3O2. The molecule has 1 aliphatic heterocycles. The minimum atomic E-state index is -0.329. The number of hydrogen-bond donors (Lipinski definition) is 1. The van der Waals surface area contributed by atoms with E-state index in [1.807, 2.05) is 11.8 Å². The van der Waals surface area contributed by atoms with Crippen molar-refractivity contribution in [3.63, 3.8) is 0 Å². The SMILES string of the molecule is Cc1c(C(=O)N2CCC(C(C)O)CC2)cnn1-c1ccc(F)cc1. The molecule has 2 heterocycles. The summed E-state index contributed by atoms with van der Waals surface area (Å²) < 4.78 is 14.7. The minimum Gasteiger partial charge on any atom is -0.393 e. The number of aliphatic hydroxyl groups excluding tert-OH is 1. The van der Waals surface area contributed by atoms with E-state index in [9.17, 15) is 14.3 Å². The van der Waals surface area contributed by atoms with Crippen LogP contribution in [0.4, 0.5) is 4.39 Å². The molecule has 1 aliphatic rings. The number of amides is 1. The lowest BCUT2D eigenvalue weighted by atomic mass is 9.92. The van der Waals surface area contributed by atoms with Gasteiger partial charge in [0.05, 0.1) is 29.2 Å². The summed E-state index contributed by atoms with van der Waals surface area (Å²) in [4.78, 5) is 14.6. The van der Waals surface area contributed by atoms with Gasteiger partial charge in [-0.1, -0.05) is 0 Å². The van der Waals surface area contributed by atoms with Gasteiger partial charge in [0.1, 0.15) is 5.82 Å². The van der Waals surface area contributed by atoms with Crippen molar-refractivity contribution >= 4 is 5.91 Å². The number of hydrogen-bond acceptors (Lipinski definition) is 3. The zero-order valence-corrected chi connectivity index (χ0v) is 13.9. The highest BCUT2D eigenvalue weighted by atomic mass is 19.1.